The first kappa shape index (κ1) is 20.5. The molecule has 0 fully saturated rings. The summed E-state index contributed by atoms with van der Waals surface area (Å²) in [6.07, 6.45) is 0.671. The van der Waals surface area contributed by atoms with E-state index >= 15 is 0 Å². The summed E-state index contributed by atoms with van der Waals surface area (Å²) in [5, 5.41) is 21.8. The van der Waals surface area contributed by atoms with Gasteiger partial charge in [0, 0.05) is 28.7 Å². The molecule has 0 bridgehead atoms. The van der Waals surface area contributed by atoms with Crippen LogP contribution in [-0.4, -0.2) is 27.5 Å². The molecule has 6 nitrogen and oxygen atoms in total. The van der Waals surface area contributed by atoms with Gasteiger partial charge in [0.25, 0.3) is 5.91 Å². The summed E-state index contributed by atoms with van der Waals surface area (Å²) in [6, 6.07) is 11.8. The summed E-state index contributed by atoms with van der Waals surface area (Å²) in [5.74, 6) is 0.211. The van der Waals surface area contributed by atoms with Gasteiger partial charge in [-0.05, 0) is 41.7 Å². The Morgan fingerprint density at radius 2 is 2.17 bits per heavy atom. The molecule has 1 amide bonds. The van der Waals surface area contributed by atoms with Crippen molar-refractivity contribution in [1.29, 1.82) is 5.26 Å². The SMILES string of the molecule is CC(C)c1cc(C(=O)N2CCc3c(sc(NCc4ccc(Cl)cc4)c3C#N)C2)n[nH]1. The molecule has 1 aliphatic heterocycles. The number of thiophene rings is 1. The predicted molar refractivity (Wildman–Crippen MR) is 119 cm³/mol. The topological polar surface area (TPSA) is 84.8 Å². The number of aromatic nitrogens is 2. The van der Waals surface area contributed by atoms with E-state index in [1.54, 1.807) is 11.3 Å². The van der Waals surface area contributed by atoms with Crippen molar-refractivity contribution in [2.24, 2.45) is 0 Å². The summed E-state index contributed by atoms with van der Waals surface area (Å²) in [7, 11) is 0. The molecule has 2 N–H and O–H groups in total. The van der Waals surface area contributed by atoms with Gasteiger partial charge in [-0.25, -0.2) is 0 Å². The fraction of sp³-hybridized carbons (Fsp3) is 0.318. The minimum Gasteiger partial charge on any atom is -0.372 e. The molecule has 0 saturated heterocycles. The lowest BCUT2D eigenvalue weighted by Gasteiger charge is -2.26. The number of nitriles is 1. The average Bonchev–Trinajstić information content (AvgIpc) is 3.37. The smallest absolute Gasteiger partial charge is 0.274 e. The van der Waals surface area contributed by atoms with E-state index in [0.29, 0.717) is 42.3 Å². The van der Waals surface area contributed by atoms with E-state index in [-0.39, 0.29) is 11.8 Å². The van der Waals surface area contributed by atoms with Crippen molar-refractivity contribution < 1.29 is 4.79 Å². The van der Waals surface area contributed by atoms with E-state index in [4.69, 9.17) is 11.6 Å². The number of rotatable bonds is 5. The maximum atomic E-state index is 12.9. The minimum absolute atomic E-state index is 0.0774. The van der Waals surface area contributed by atoms with E-state index < -0.39 is 0 Å². The number of H-pyrrole nitrogens is 1. The number of anilines is 1. The normalized spacial score (nSPS) is 13.2. The zero-order chi connectivity index (χ0) is 21.3. The van der Waals surface area contributed by atoms with Gasteiger partial charge in [-0.1, -0.05) is 37.6 Å². The van der Waals surface area contributed by atoms with Crippen LogP contribution in [0.1, 0.15) is 57.5 Å². The van der Waals surface area contributed by atoms with Gasteiger partial charge in [-0.15, -0.1) is 11.3 Å². The highest BCUT2D eigenvalue weighted by Crippen LogP contribution is 2.37. The lowest BCUT2D eigenvalue weighted by atomic mass is 10.0. The lowest BCUT2D eigenvalue weighted by molar-refractivity contribution is 0.0731. The molecule has 30 heavy (non-hydrogen) atoms. The van der Waals surface area contributed by atoms with E-state index in [0.717, 1.165) is 26.7 Å². The van der Waals surface area contributed by atoms with Gasteiger partial charge in [0.1, 0.15) is 16.8 Å². The van der Waals surface area contributed by atoms with Crippen LogP contribution < -0.4 is 5.32 Å². The number of benzene rings is 1. The van der Waals surface area contributed by atoms with Crippen molar-refractivity contribution in [1.82, 2.24) is 15.1 Å². The maximum Gasteiger partial charge on any atom is 0.274 e. The van der Waals surface area contributed by atoms with Gasteiger partial charge in [0.2, 0.25) is 0 Å². The molecule has 0 spiro atoms. The van der Waals surface area contributed by atoms with Crippen molar-refractivity contribution in [2.75, 3.05) is 11.9 Å². The number of carbonyl (C=O) groups is 1. The molecule has 0 aliphatic carbocycles. The van der Waals surface area contributed by atoms with Crippen LogP contribution in [0.15, 0.2) is 30.3 Å². The van der Waals surface area contributed by atoms with Gasteiger partial charge in [-0.2, -0.15) is 10.4 Å². The number of nitrogens with zero attached hydrogens (tertiary/aromatic N) is 3. The summed E-state index contributed by atoms with van der Waals surface area (Å²) in [4.78, 5) is 15.8. The van der Waals surface area contributed by atoms with E-state index in [1.807, 2.05) is 35.2 Å². The van der Waals surface area contributed by atoms with Crippen LogP contribution in [-0.2, 0) is 19.5 Å². The molecule has 3 heterocycles. The number of fused-ring (bicyclic) bond motifs is 1. The Labute approximate surface area is 184 Å². The van der Waals surface area contributed by atoms with Crippen molar-refractivity contribution in [3.8, 4) is 6.07 Å². The minimum atomic E-state index is -0.0774. The molecule has 3 aromatic rings. The van der Waals surface area contributed by atoms with Crippen LogP contribution in [0.4, 0.5) is 5.00 Å². The quantitative estimate of drug-likeness (QED) is 0.590. The summed E-state index contributed by atoms with van der Waals surface area (Å²) >= 11 is 7.50. The Morgan fingerprint density at radius 3 is 2.83 bits per heavy atom. The van der Waals surface area contributed by atoms with E-state index in [2.05, 4.69) is 35.4 Å². The molecular formula is C22H22ClN5OS. The molecule has 8 heteroatoms. The van der Waals surface area contributed by atoms with Gasteiger partial charge >= 0.3 is 0 Å². The molecule has 4 rings (SSSR count). The third-order valence-corrected chi connectivity index (χ3v) is 6.69. The predicted octanol–water partition coefficient (Wildman–Crippen LogP) is 4.93. The molecule has 0 radical (unpaired) electrons. The molecule has 1 aromatic carbocycles. The Balaban J connectivity index is 1.50. The first-order valence-corrected chi connectivity index (χ1v) is 11.0. The van der Waals surface area contributed by atoms with Gasteiger partial charge in [-0.3, -0.25) is 9.89 Å². The molecule has 2 aromatic heterocycles. The number of carbonyl (C=O) groups excluding carboxylic acids is 1. The highest BCUT2D eigenvalue weighted by atomic mass is 35.5. The van der Waals surface area contributed by atoms with Crippen molar-refractivity contribution in [2.45, 2.75) is 39.3 Å². The van der Waals surface area contributed by atoms with Gasteiger partial charge < -0.3 is 10.2 Å². The van der Waals surface area contributed by atoms with Gasteiger partial charge in [0.05, 0.1) is 12.1 Å². The Bertz CT molecular complexity index is 1110. The first-order chi connectivity index (χ1) is 14.5. The summed E-state index contributed by atoms with van der Waals surface area (Å²) in [6.45, 7) is 5.81. The number of nitrogens with one attached hydrogen (secondary N) is 2. The fourth-order valence-electron chi connectivity index (χ4n) is 3.51. The first-order valence-electron chi connectivity index (χ1n) is 9.83. The monoisotopic (exact) mass is 439 g/mol. The highest BCUT2D eigenvalue weighted by molar-refractivity contribution is 7.16. The number of halogens is 1. The van der Waals surface area contributed by atoms with Crippen molar-refractivity contribution in [3.05, 3.63) is 68.3 Å². The zero-order valence-electron chi connectivity index (χ0n) is 16.8. The third-order valence-electron chi connectivity index (χ3n) is 5.26. The van der Waals surface area contributed by atoms with Crippen LogP contribution in [0, 0.1) is 11.3 Å². The van der Waals surface area contributed by atoms with Crippen molar-refractivity contribution in [3.63, 3.8) is 0 Å². The molecule has 154 valence electrons. The lowest BCUT2D eigenvalue weighted by Crippen LogP contribution is -2.35. The van der Waals surface area contributed by atoms with Crippen LogP contribution in [0.2, 0.25) is 5.02 Å². The second-order valence-corrected chi connectivity index (χ2v) is 9.18. The number of aromatic amines is 1. The zero-order valence-corrected chi connectivity index (χ0v) is 18.4. The second-order valence-electron chi connectivity index (χ2n) is 7.64. The van der Waals surface area contributed by atoms with Crippen LogP contribution in [0.5, 0.6) is 0 Å². The molecular weight excluding hydrogens is 418 g/mol. The number of hydrogen-bond acceptors (Lipinski definition) is 5. The Morgan fingerprint density at radius 1 is 1.40 bits per heavy atom. The summed E-state index contributed by atoms with van der Waals surface area (Å²) in [5.41, 5.74) is 4.23. The third kappa shape index (κ3) is 4.07. The van der Waals surface area contributed by atoms with Gasteiger partial charge in [0.15, 0.2) is 0 Å². The molecule has 0 unspecified atom stereocenters. The number of amides is 1. The Hall–Kier alpha value is -2.82. The van der Waals surface area contributed by atoms with Crippen LogP contribution >= 0.6 is 22.9 Å². The van der Waals surface area contributed by atoms with Crippen LogP contribution in [0.3, 0.4) is 0 Å². The Kier molecular flexibility index (Phi) is 5.80. The fourth-order valence-corrected chi connectivity index (χ4v) is 4.84. The maximum absolute atomic E-state index is 12.9. The largest absolute Gasteiger partial charge is 0.372 e. The molecule has 0 saturated carbocycles. The standard InChI is InChI=1S/C22H22ClN5OS/c1-13(2)18-9-19(27-26-18)22(29)28-8-7-16-17(10-24)21(30-20(16)12-28)25-11-14-3-5-15(23)6-4-14/h3-6,9,13,25H,7-8,11-12H2,1-2H3,(H,26,27). The van der Waals surface area contributed by atoms with E-state index in [1.165, 1.54) is 0 Å². The molecule has 1 aliphatic rings. The average molecular weight is 440 g/mol. The second kappa shape index (κ2) is 8.50. The van der Waals surface area contributed by atoms with Crippen LogP contribution in [0.25, 0.3) is 0 Å². The van der Waals surface area contributed by atoms with E-state index in [9.17, 15) is 10.1 Å². The summed E-state index contributed by atoms with van der Waals surface area (Å²) < 4.78 is 0. The van der Waals surface area contributed by atoms with Crippen molar-refractivity contribution >= 4 is 33.8 Å². The number of hydrogen-bond donors (Lipinski definition) is 2. The highest BCUT2D eigenvalue weighted by Gasteiger charge is 2.28. The molecule has 0 atom stereocenters.